The molecule has 3 N–H and O–H groups in total. The number of benzene rings is 1. The quantitative estimate of drug-likeness (QED) is 0.704. The Bertz CT molecular complexity index is 782. The summed E-state index contributed by atoms with van der Waals surface area (Å²) in [6.07, 6.45) is 1.57. The van der Waals surface area contributed by atoms with Crippen LogP contribution in [0.4, 0.5) is 0 Å². The molecule has 0 fully saturated rings. The van der Waals surface area contributed by atoms with Crippen molar-refractivity contribution >= 4 is 15.9 Å². The molecule has 0 aliphatic carbocycles. The SMILES string of the molecule is CCN(CC)[C@H](CNS(=O)(=O)c1ccc(C(N)=O)cc1)c1ccco1. The zero-order valence-electron chi connectivity index (χ0n) is 14.3. The van der Waals surface area contributed by atoms with Gasteiger partial charge in [-0.05, 0) is 49.5 Å². The van der Waals surface area contributed by atoms with Gasteiger partial charge in [0.05, 0.1) is 17.2 Å². The number of hydrogen-bond donors (Lipinski definition) is 2. The van der Waals surface area contributed by atoms with E-state index in [2.05, 4.69) is 9.62 Å². The molecule has 0 radical (unpaired) electrons. The lowest BCUT2D eigenvalue weighted by molar-refractivity contribution is 0.1000. The number of amides is 1. The van der Waals surface area contributed by atoms with Crippen molar-refractivity contribution in [3.8, 4) is 0 Å². The van der Waals surface area contributed by atoms with Crippen molar-refractivity contribution in [1.29, 1.82) is 0 Å². The highest BCUT2D eigenvalue weighted by Gasteiger charge is 2.23. The molecule has 1 amide bonds. The second-order valence-corrected chi connectivity index (χ2v) is 7.26. The summed E-state index contributed by atoms with van der Waals surface area (Å²) in [7, 11) is -3.71. The monoisotopic (exact) mass is 365 g/mol. The lowest BCUT2D eigenvalue weighted by Crippen LogP contribution is -2.37. The van der Waals surface area contributed by atoms with E-state index in [1.807, 2.05) is 19.9 Å². The number of rotatable bonds is 9. The Balaban J connectivity index is 2.16. The van der Waals surface area contributed by atoms with E-state index in [0.29, 0.717) is 5.76 Å². The fourth-order valence-electron chi connectivity index (χ4n) is 2.63. The molecule has 0 aliphatic rings. The van der Waals surface area contributed by atoms with Gasteiger partial charge in [-0.25, -0.2) is 13.1 Å². The molecule has 1 aromatic carbocycles. The van der Waals surface area contributed by atoms with Crippen LogP contribution in [0.15, 0.2) is 52.0 Å². The maximum absolute atomic E-state index is 12.5. The number of carbonyl (C=O) groups excluding carboxylic acids is 1. The highest BCUT2D eigenvalue weighted by molar-refractivity contribution is 7.89. The molecule has 2 rings (SSSR count). The van der Waals surface area contributed by atoms with E-state index in [1.54, 1.807) is 12.3 Å². The van der Waals surface area contributed by atoms with E-state index in [-0.39, 0.29) is 23.0 Å². The minimum atomic E-state index is -3.71. The van der Waals surface area contributed by atoms with Crippen LogP contribution in [0.1, 0.15) is 36.0 Å². The summed E-state index contributed by atoms with van der Waals surface area (Å²) in [6.45, 7) is 5.72. The summed E-state index contributed by atoms with van der Waals surface area (Å²) in [6, 6.07) is 8.92. The van der Waals surface area contributed by atoms with Crippen molar-refractivity contribution in [1.82, 2.24) is 9.62 Å². The standard InChI is InChI=1S/C17H23N3O4S/c1-3-20(4-2)15(16-6-5-11-24-16)12-19-25(22,23)14-9-7-13(8-10-14)17(18)21/h5-11,15,19H,3-4,12H2,1-2H3,(H2,18,21)/t15-/m1/s1. The van der Waals surface area contributed by atoms with E-state index < -0.39 is 15.9 Å². The van der Waals surface area contributed by atoms with Crippen LogP contribution in [0.5, 0.6) is 0 Å². The molecule has 0 saturated carbocycles. The predicted octanol–water partition coefficient (Wildman–Crippen LogP) is 1.74. The van der Waals surface area contributed by atoms with Gasteiger partial charge in [0, 0.05) is 12.1 Å². The summed E-state index contributed by atoms with van der Waals surface area (Å²) in [5.74, 6) is 0.104. The van der Waals surface area contributed by atoms with Crippen LogP contribution in [0, 0.1) is 0 Å². The Morgan fingerprint density at radius 1 is 1.20 bits per heavy atom. The molecule has 1 heterocycles. The molecule has 2 aromatic rings. The van der Waals surface area contributed by atoms with Crippen molar-refractivity contribution in [2.45, 2.75) is 24.8 Å². The van der Waals surface area contributed by atoms with E-state index >= 15 is 0 Å². The molecule has 1 atom stereocenters. The van der Waals surface area contributed by atoms with E-state index in [0.717, 1.165) is 13.1 Å². The Labute approximate surface area is 147 Å². The third kappa shape index (κ3) is 4.68. The Hall–Kier alpha value is -2.16. The van der Waals surface area contributed by atoms with Gasteiger partial charge in [-0.1, -0.05) is 13.8 Å². The Morgan fingerprint density at radius 3 is 2.32 bits per heavy atom. The smallest absolute Gasteiger partial charge is 0.248 e. The summed E-state index contributed by atoms with van der Waals surface area (Å²) in [5.41, 5.74) is 5.43. The van der Waals surface area contributed by atoms with E-state index in [4.69, 9.17) is 10.2 Å². The number of hydrogen-bond acceptors (Lipinski definition) is 5. The largest absolute Gasteiger partial charge is 0.468 e. The fourth-order valence-corrected chi connectivity index (χ4v) is 3.66. The molecule has 0 spiro atoms. The summed E-state index contributed by atoms with van der Waals surface area (Å²) in [4.78, 5) is 13.3. The van der Waals surface area contributed by atoms with Gasteiger partial charge in [0.2, 0.25) is 15.9 Å². The van der Waals surface area contributed by atoms with Crippen LogP contribution in [0.3, 0.4) is 0 Å². The first-order valence-corrected chi connectivity index (χ1v) is 9.54. The average molecular weight is 365 g/mol. The molecule has 0 bridgehead atoms. The first-order chi connectivity index (χ1) is 11.9. The third-order valence-electron chi connectivity index (χ3n) is 4.04. The molecule has 0 aliphatic heterocycles. The van der Waals surface area contributed by atoms with Gasteiger partial charge in [0.25, 0.3) is 0 Å². The van der Waals surface area contributed by atoms with Gasteiger partial charge in [-0.3, -0.25) is 9.69 Å². The second kappa shape index (κ2) is 8.28. The topological polar surface area (TPSA) is 106 Å². The Morgan fingerprint density at radius 2 is 1.84 bits per heavy atom. The first kappa shape index (κ1) is 19.2. The number of likely N-dealkylation sites (N-methyl/N-ethyl adjacent to an activating group) is 1. The van der Waals surface area contributed by atoms with Crippen molar-refractivity contribution in [3.05, 3.63) is 54.0 Å². The zero-order valence-corrected chi connectivity index (χ0v) is 15.1. The number of furan rings is 1. The van der Waals surface area contributed by atoms with Gasteiger partial charge in [-0.15, -0.1) is 0 Å². The number of primary amides is 1. The van der Waals surface area contributed by atoms with E-state index in [1.165, 1.54) is 24.3 Å². The van der Waals surface area contributed by atoms with Gasteiger partial charge in [0.1, 0.15) is 5.76 Å². The van der Waals surface area contributed by atoms with Crippen LogP contribution in [-0.2, 0) is 10.0 Å². The summed E-state index contributed by atoms with van der Waals surface area (Å²) < 4.78 is 33.1. The molecule has 0 saturated heterocycles. The van der Waals surface area contributed by atoms with Crippen LogP contribution in [0.25, 0.3) is 0 Å². The first-order valence-electron chi connectivity index (χ1n) is 8.06. The molecule has 136 valence electrons. The molecule has 1 aromatic heterocycles. The maximum atomic E-state index is 12.5. The lowest BCUT2D eigenvalue weighted by Gasteiger charge is -2.28. The minimum Gasteiger partial charge on any atom is -0.468 e. The number of nitrogens with one attached hydrogen (secondary N) is 1. The number of nitrogens with two attached hydrogens (primary N) is 1. The maximum Gasteiger partial charge on any atom is 0.248 e. The summed E-state index contributed by atoms with van der Waals surface area (Å²) in [5, 5.41) is 0. The Kier molecular flexibility index (Phi) is 6.35. The molecule has 0 unspecified atom stereocenters. The van der Waals surface area contributed by atoms with Gasteiger partial charge >= 0.3 is 0 Å². The summed E-state index contributed by atoms with van der Waals surface area (Å²) >= 11 is 0. The average Bonchev–Trinajstić information content (AvgIpc) is 3.13. The minimum absolute atomic E-state index is 0.0789. The predicted molar refractivity (Wildman–Crippen MR) is 94.5 cm³/mol. The van der Waals surface area contributed by atoms with Crippen molar-refractivity contribution in [3.63, 3.8) is 0 Å². The number of sulfonamides is 1. The zero-order chi connectivity index (χ0) is 18.4. The van der Waals surface area contributed by atoms with Crippen molar-refractivity contribution < 1.29 is 17.6 Å². The lowest BCUT2D eigenvalue weighted by atomic mass is 10.2. The van der Waals surface area contributed by atoms with Gasteiger partial charge in [0.15, 0.2) is 0 Å². The van der Waals surface area contributed by atoms with Crippen molar-refractivity contribution in [2.75, 3.05) is 19.6 Å². The third-order valence-corrected chi connectivity index (χ3v) is 5.48. The van der Waals surface area contributed by atoms with Crippen LogP contribution >= 0.6 is 0 Å². The highest BCUT2D eigenvalue weighted by atomic mass is 32.2. The molecule has 25 heavy (non-hydrogen) atoms. The molecule has 7 nitrogen and oxygen atoms in total. The normalized spacial score (nSPS) is 13.1. The van der Waals surface area contributed by atoms with Crippen LogP contribution < -0.4 is 10.5 Å². The fraction of sp³-hybridized carbons (Fsp3) is 0.353. The highest BCUT2D eigenvalue weighted by Crippen LogP contribution is 2.21. The molecule has 8 heteroatoms. The molecular weight excluding hydrogens is 342 g/mol. The number of carbonyl (C=O) groups is 1. The van der Waals surface area contributed by atoms with E-state index in [9.17, 15) is 13.2 Å². The van der Waals surface area contributed by atoms with Crippen molar-refractivity contribution in [2.24, 2.45) is 5.73 Å². The van der Waals surface area contributed by atoms with Crippen LogP contribution in [-0.4, -0.2) is 38.9 Å². The van der Waals surface area contributed by atoms with Gasteiger partial charge < -0.3 is 10.2 Å². The van der Waals surface area contributed by atoms with Crippen LogP contribution in [0.2, 0.25) is 0 Å². The van der Waals surface area contributed by atoms with Gasteiger partial charge in [-0.2, -0.15) is 0 Å². The second-order valence-electron chi connectivity index (χ2n) is 5.49. The number of nitrogens with zero attached hydrogens (tertiary/aromatic N) is 1. The molecular formula is C17H23N3O4S.